The molecular weight excluding hydrogens is 378 g/mol. The first-order valence-electron chi connectivity index (χ1n) is 7.77. The molecule has 0 spiro atoms. The lowest BCUT2D eigenvalue weighted by Gasteiger charge is -2.16. The van der Waals surface area contributed by atoms with Gasteiger partial charge in [-0.05, 0) is 50.2 Å². The second-order valence-corrected chi connectivity index (χ2v) is 8.33. The number of amides is 1. The van der Waals surface area contributed by atoms with E-state index in [2.05, 4.69) is 5.32 Å². The van der Waals surface area contributed by atoms with Crippen molar-refractivity contribution in [2.24, 2.45) is 0 Å². The molecule has 0 aromatic heterocycles. The van der Waals surface area contributed by atoms with E-state index in [1.54, 1.807) is 0 Å². The average Bonchev–Trinajstić information content (AvgIpc) is 2.55. The summed E-state index contributed by atoms with van der Waals surface area (Å²) in [5, 5.41) is 2.95. The number of benzene rings is 2. The van der Waals surface area contributed by atoms with E-state index in [0.717, 1.165) is 6.26 Å². The Morgan fingerprint density at radius 1 is 1.15 bits per heavy atom. The highest BCUT2D eigenvalue weighted by Gasteiger charge is 2.17. The first-order chi connectivity index (χ1) is 12.1. The van der Waals surface area contributed by atoms with Crippen molar-refractivity contribution in [3.8, 4) is 11.5 Å². The van der Waals surface area contributed by atoms with Gasteiger partial charge in [-0.25, -0.2) is 8.42 Å². The summed E-state index contributed by atoms with van der Waals surface area (Å²) in [5.74, 6) is 0.315. The minimum atomic E-state index is -3.29. The molecule has 140 valence electrons. The highest BCUT2D eigenvalue weighted by molar-refractivity contribution is 7.90. The van der Waals surface area contributed by atoms with Crippen molar-refractivity contribution < 1.29 is 22.7 Å². The number of carbonyl (C=O) groups is 1. The smallest absolute Gasteiger partial charge is 0.255 e. The van der Waals surface area contributed by atoms with E-state index in [1.807, 2.05) is 13.8 Å². The topological polar surface area (TPSA) is 81.7 Å². The van der Waals surface area contributed by atoms with Crippen molar-refractivity contribution in [3.63, 3.8) is 0 Å². The Morgan fingerprint density at radius 2 is 1.77 bits per heavy atom. The molecule has 0 aliphatic rings. The fourth-order valence-corrected chi connectivity index (χ4v) is 3.08. The Kier molecular flexibility index (Phi) is 6.15. The number of hydrogen-bond donors (Lipinski definition) is 1. The maximum absolute atomic E-state index is 12.5. The van der Waals surface area contributed by atoms with Crippen LogP contribution in [0.2, 0.25) is 5.02 Å². The van der Waals surface area contributed by atoms with Crippen molar-refractivity contribution in [1.29, 1.82) is 0 Å². The van der Waals surface area contributed by atoms with Crippen LogP contribution in [-0.4, -0.2) is 33.8 Å². The van der Waals surface area contributed by atoms with Crippen molar-refractivity contribution in [3.05, 3.63) is 47.0 Å². The monoisotopic (exact) mass is 397 g/mol. The lowest BCUT2D eigenvalue weighted by Crippen LogP contribution is -2.13. The van der Waals surface area contributed by atoms with Gasteiger partial charge in [-0.3, -0.25) is 4.79 Å². The Labute approximate surface area is 158 Å². The summed E-state index contributed by atoms with van der Waals surface area (Å²) < 4.78 is 33.8. The van der Waals surface area contributed by atoms with E-state index in [1.165, 1.54) is 43.5 Å². The summed E-state index contributed by atoms with van der Waals surface area (Å²) in [7, 11) is -1.83. The van der Waals surface area contributed by atoms with Gasteiger partial charge in [0.15, 0.2) is 21.3 Å². The Morgan fingerprint density at radius 3 is 2.27 bits per heavy atom. The van der Waals surface area contributed by atoms with Gasteiger partial charge in [0.05, 0.1) is 23.1 Å². The zero-order valence-electron chi connectivity index (χ0n) is 14.9. The maximum atomic E-state index is 12.5. The van der Waals surface area contributed by atoms with Crippen molar-refractivity contribution in [1.82, 2.24) is 0 Å². The standard InChI is InChI=1S/C18H20ClNO5S/c1-11(2)25-17-15(19)9-12(10-16(17)24-3)18(21)20-13-5-7-14(8-6-13)26(4,22)23/h5-11H,1-4H3,(H,20,21). The summed E-state index contributed by atoms with van der Waals surface area (Å²) in [6, 6.07) is 8.91. The molecule has 0 unspecified atom stereocenters. The number of rotatable bonds is 6. The van der Waals surface area contributed by atoms with Crippen LogP contribution in [0.4, 0.5) is 5.69 Å². The van der Waals surface area contributed by atoms with Crippen LogP contribution in [0.1, 0.15) is 24.2 Å². The minimum Gasteiger partial charge on any atom is -0.493 e. The highest BCUT2D eigenvalue weighted by Crippen LogP contribution is 2.37. The molecule has 0 saturated heterocycles. The van der Waals surface area contributed by atoms with Gasteiger partial charge in [0, 0.05) is 17.5 Å². The summed E-state index contributed by atoms with van der Waals surface area (Å²) >= 11 is 6.22. The molecule has 26 heavy (non-hydrogen) atoms. The first kappa shape index (κ1) is 20.1. The molecule has 1 amide bonds. The van der Waals surface area contributed by atoms with Gasteiger partial charge >= 0.3 is 0 Å². The molecule has 2 rings (SSSR count). The quantitative estimate of drug-likeness (QED) is 0.801. The number of nitrogens with one attached hydrogen (secondary N) is 1. The van der Waals surface area contributed by atoms with Crippen molar-refractivity contribution >= 4 is 33.0 Å². The summed E-state index contributed by atoms with van der Waals surface area (Å²) in [5.41, 5.74) is 0.746. The van der Waals surface area contributed by atoms with E-state index in [0.29, 0.717) is 17.2 Å². The molecule has 0 aliphatic heterocycles. The molecule has 1 N–H and O–H groups in total. The maximum Gasteiger partial charge on any atom is 0.255 e. The highest BCUT2D eigenvalue weighted by atomic mass is 35.5. The van der Waals surface area contributed by atoms with Crippen molar-refractivity contribution in [2.75, 3.05) is 18.7 Å². The molecule has 2 aromatic carbocycles. The lowest BCUT2D eigenvalue weighted by molar-refractivity contribution is 0.102. The predicted molar refractivity (Wildman–Crippen MR) is 101 cm³/mol. The molecule has 0 atom stereocenters. The number of carbonyl (C=O) groups excluding carboxylic acids is 1. The summed E-state index contributed by atoms with van der Waals surface area (Å²) in [6.45, 7) is 3.72. The predicted octanol–water partition coefficient (Wildman–Crippen LogP) is 3.79. The van der Waals surface area contributed by atoms with Crippen LogP contribution >= 0.6 is 11.6 Å². The third-order valence-electron chi connectivity index (χ3n) is 3.39. The number of sulfone groups is 1. The van der Waals surface area contributed by atoms with Gasteiger partial charge in [-0.15, -0.1) is 0 Å². The molecular formula is C18H20ClNO5S. The van der Waals surface area contributed by atoms with Crippen LogP contribution < -0.4 is 14.8 Å². The molecule has 0 aliphatic carbocycles. The van der Waals surface area contributed by atoms with Crippen LogP contribution in [0.15, 0.2) is 41.3 Å². The van der Waals surface area contributed by atoms with E-state index in [-0.39, 0.29) is 21.6 Å². The second-order valence-electron chi connectivity index (χ2n) is 5.91. The van der Waals surface area contributed by atoms with Crippen molar-refractivity contribution in [2.45, 2.75) is 24.8 Å². The molecule has 0 bridgehead atoms. The van der Waals surface area contributed by atoms with Gasteiger partial charge in [-0.1, -0.05) is 11.6 Å². The lowest BCUT2D eigenvalue weighted by atomic mass is 10.1. The number of hydrogen-bond acceptors (Lipinski definition) is 5. The van der Waals surface area contributed by atoms with Gasteiger partial charge in [-0.2, -0.15) is 0 Å². The van der Waals surface area contributed by atoms with Gasteiger partial charge < -0.3 is 14.8 Å². The van der Waals surface area contributed by atoms with Gasteiger partial charge in [0.1, 0.15) is 0 Å². The zero-order valence-corrected chi connectivity index (χ0v) is 16.4. The van der Waals surface area contributed by atoms with Crippen LogP contribution in [-0.2, 0) is 9.84 Å². The fraction of sp³-hybridized carbons (Fsp3) is 0.278. The molecule has 0 heterocycles. The van der Waals surface area contributed by atoms with Crippen LogP contribution in [0.25, 0.3) is 0 Å². The molecule has 2 aromatic rings. The number of anilines is 1. The normalized spacial score (nSPS) is 11.3. The summed E-state index contributed by atoms with van der Waals surface area (Å²) in [4.78, 5) is 12.6. The van der Waals surface area contributed by atoms with Gasteiger partial charge in [0.25, 0.3) is 5.91 Å². The van der Waals surface area contributed by atoms with Crippen LogP contribution in [0, 0.1) is 0 Å². The van der Waals surface area contributed by atoms with E-state index in [4.69, 9.17) is 21.1 Å². The van der Waals surface area contributed by atoms with E-state index < -0.39 is 15.7 Å². The SMILES string of the molecule is COc1cc(C(=O)Nc2ccc(S(C)(=O)=O)cc2)cc(Cl)c1OC(C)C. The minimum absolute atomic E-state index is 0.102. The van der Waals surface area contributed by atoms with E-state index in [9.17, 15) is 13.2 Å². The number of methoxy groups -OCH3 is 1. The van der Waals surface area contributed by atoms with Gasteiger partial charge in [0.2, 0.25) is 0 Å². The largest absolute Gasteiger partial charge is 0.493 e. The van der Waals surface area contributed by atoms with E-state index >= 15 is 0 Å². The Hall–Kier alpha value is -2.25. The first-order valence-corrected chi connectivity index (χ1v) is 10.0. The number of ether oxygens (including phenoxy) is 2. The van der Waals surface area contributed by atoms with Crippen LogP contribution in [0.5, 0.6) is 11.5 Å². The third kappa shape index (κ3) is 4.89. The Bertz CT molecular complexity index is 908. The zero-order chi connectivity index (χ0) is 19.5. The van der Waals surface area contributed by atoms with Crippen LogP contribution in [0.3, 0.4) is 0 Å². The summed E-state index contributed by atoms with van der Waals surface area (Å²) in [6.07, 6.45) is 1.02. The number of halogens is 1. The molecule has 0 radical (unpaired) electrons. The fourth-order valence-electron chi connectivity index (χ4n) is 2.19. The molecule has 6 nitrogen and oxygen atoms in total. The molecule has 0 fully saturated rings. The molecule has 0 saturated carbocycles. The Balaban J connectivity index is 2.25. The second kappa shape index (κ2) is 7.97. The average molecular weight is 398 g/mol. The third-order valence-corrected chi connectivity index (χ3v) is 4.79. The molecule has 8 heteroatoms.